The zero-order valence-electron chi connectivity index (χ0n) is 10.0. The number of hydrogen-bond donors (Lipinski definition) is 2. The maximum absolute atomic E-state index is 9.18. The van der Waals surface area contributed by atoms with Crippen LogP contribution in [-0.2, 0) is 0 Å². The Hall–Kier alpha value is -2.33. The molecule has 0 aliphatic heterocycles. The van der Waals surface area contributed by atoms with E-state index < -0.39 is 0 Å². The zero-order chi connectivity index (χ0) is 14.0. The maximum Gasteiger partial charge on any atom is 0.222 e. The topological polar surface area (TPSA) is 111 Å². The van der Waals surface area contributed by atoms with E-state index >= 15 is 0 Å². The van der Waals surface area contributed by atoms with Crippen molar-refractivity contribution in [3.05, 3.63) is 28.2 Å². The predicted octanol–water partition coefficient (Wildman–Crippen LogP) is 1.95. The molecule has 0 aliphatic carbocycles. The standard InChI is InChI=1S/C12H10BrN5O/c1-19-9-3-2-6(13)4-7(9)10-8(5-14)11(15)18-12(16)17-10/h2-4H,1H3,(H4,15,16,17,18). The molecule has 2 rings (SSSR count). The van der Waals surface area contributed by atoms with Crippen molar-refractivity contribution in [1.29, 1.82) is 5.26 Å². The van der Waals surface area contributed by atoms with Crippen LogP contribution in [0.5, 0.6) is 5.75 Å². The van der Waals surface area contributed by atoms with E-state index in [9.17, 15) is 5.26 Å². The van der Waals surface area contributed by atoms with Crippen LogP contribution in [0.4, 0.5) is 11.8 Å². The van der Waals surface area contributed by atoms with Crippen LogP contribution in [0, 0.1) is 11.3 Å². The van der Waals surface area contributed by atoms with Crippen LogP contribution in [0.25, 0.3) is 11.3 Å². The van der Waals surface area contributed by atoms with E-state index in [0.717, 1.165) is 4.47 Å². The number of aromatic nitrogens is 2. The third-order valence-electron chi connectivity index (χ3n) is 2.48. The number of halogens is 1. The summed E-state index contributed by atoms with van der Waals surface area (Å²) in [5.41, 5.74) is 12.4. The van der Waals surface area contributed by atoms with Crippen LogP contribution in [-0.4, -0.2) is 17.1 Å². The zero-order valence-corrected chi connectivity index (χ0v) is 11.6. The molecule has 1 aromatic heterocycles. The van der Waals surface area contributed by atoms with Crippen molar-refractivity contribution in [3.63, 3.8) is 0 Å². The molecule has 0 atom stereocenters. The number of nitrogens with two attached hydrogens (primary N) is 2. The van der Waals surface area contributed by atoms with E-state index in [0.29, 0.717) is 17.0 Å². The molecule has 0 spiro atoms. The molecule has 4 N–H and O–H groups in total. The number of ether oxygens (including phenoxy) is 1. The first-order chi connectivity index (χ1) is 9.06. The average molecular weight is 320 g/mol. The Kier molecular flexibility index (Phi) is 3.53. The van der Waals surface area contributed by atoms with Gasteiger partial charge in [0.25, 0.3) is 0 Å². The SMILES string of the molecule is COc1ccc(Br)cc1-c1nc(N)nc(N)c1C#N. The van der Waals surface area contributed by atoms with E-state index in [-0.39, 0.29) is 17.3 Å². The molecule has 96 valence electrons. The van der Waals surface area contributed by atoms with Crippen LogP contribution in [0.3, 0.4) is 0 Å². The number of anilines is 2. The van der Waals surface area contributed by atoms with Crippen LogP contribution >= 0.6 is 15.9 Å². The smallest absolute Gasteiger partial charge is 0.222 e. The second-order valence-corrected chi connectivity index (χ2v) is 4.56. The minimum absolute atomic E-state index is 0.00790. The Morgan fingerprint density at radius 2 is 2.05 bits per heavy atom. The molecule has 19 heavy (non-hydrogen) atoms. The van der Waals surface area contributed by atoms with Gasteiger partial charge in [-0.05, 0) is 18.2 Å². The van der Waals surface area contributed by atoms with Gasteiger partial charge in [-0.3, -0.25) is 0 Å². The van der Waals surface area contributed by atoms with Gasteiger partial charge in [-0.2, -0.15) is 10.2 Å². The first-order valence-electron chi connectivity index (χ1n) is 5.23. The summed E-state index contributed by atoms with van der Waals surface area (Å²) in [7, 11) is 1.53. The van der Waals surface area contributed by atoms with Crippen molar-refractivity contribution in [2.75, 3.05) is 18.6 Å². The molecule has 0 bridgehead atoms. The molecule has 0 aliphatic rings. The van der Waals surface area contributed by atoms with Gasteiger partial charge in [-0.1, -0.05) is 15.9 Å². The quantitative estimate of drug-likeness (QED) is 0.875. The first-order valence-corrected chi connectivity index (χ1v) is 6.03. The Balaban J connectivity index is 2.78. The number of nitrogens with zero attached hydrogens (tertiary/aromatic N) is 3. The van der Waals surface area contributed by atoms with Crippen molar-refractivity contribution in [2.45, 2.75) is 0 Å². The van der Waals surface area contributed by atoms with E-state index in [1.54, 1.807) is 12.1 Å². The van der Waals surface area contributed by atoms with Crippen LogP contribution in [0.15, 0.2) is 22.7 Å². The first kappa shape index (κ1) is 13.1. The minimum Gasteiger partial charge on any atom is -0.496 e. The summed E-state index contributed by atoms with van der Waals surface area (Å²) in [5.74, 6) is 0.623. The second-order valence-electron chi connectivity index (χ2n) is 3.65. The molecule has 7 heteroatoms. The molecule has 1 aromatic carbocycles. The summed E-state index contributed by atoms with van der Waals surface area (Å²) < 4.78 is 6.08. The fraction of sp³-hybridized carbons (Fsp3) is 0.0833. The molecule has 0 fully saturated rings. The molecule has 0 unspecified atom stereocenters. The minimum atomic E-state index is 0.00790. The second kappa shape index (κ2) is 5.12. The molecule has 0 saturated carbocycles. The van der Waals surface area contributed by atoms with Gasteiger partial charge in [0.1, 0.15) is 23.2 Å². The molecule has 1 heterocycles. The number of hydrogen-bond acceptors (Lipinski definition) is 6. The fourth-order valence-corrected chi connectivity index (χ4v) is 2.03. The average Bonchev–Trinajstić information content (AvgIpc) is 2.37. The predicted molar refractivity (Wildman–Crippen MR) is 75.3 cm³/mol. The Labute approximate surface area is 118 Å². The van der Waals surface area contributed by atoms with Crippen molar-refractivity contribution < 1.29 is 4.74 Å². The largest absolute Gasteiger partial charge is 0.496 e. The van der Waals surface area contributed by atoms with Gasteiger partial charge < -0.3 is 16.2 Å². The third kappa shape index (κ3) is 2.44. The summed E-state index contributed by atoms with van der Waals surface area (Å²) in [6.07, 6.45) is 0. The normalized spacial score (nSPS) is 9.95. The van der Waals surface area contributed by atoms with Crippen LogP contribution < -0.4 is 16.2 Å². The Morgan fingerprint density at radius 1 is 1.32 bits per heavy atom. The van der Waals surface area contributed by atoms with Gasteiger partial charge in [0, 0.05) is 10.0 Å². The molecular weight excluding hydrogens is 310 g/mol. The van der Waals surface area contributed by atoms with Gasteiger partial charge >= 0.3 is 0 Å². The molecule has 6 nitrogen and oxygen atoms in total. The molecular formula is C12H10BrN5O. The van der Waals surface area contributed by atoms with Crippen molar-refractivity contribution in [1.82, 2.24) is 9.97 Å². The van der Waals surface area contributed by atoms with E-state index in [1.165, 1.54) is 7.11 Å². The summed E-state index contributed by atoms with van der Waals surface area (Å²) in [5, 5.41) is 9.18. The maximum atomic E-state index is 9.18. The number of benzene rings is 1. The fourth-order valence-electron chi connectivity index (χ4n) is 1.67. The number of methoxy groups -OCH3 is 1. The Bertz CT molecular complexity index is 681. The molecule has 0 saturated heterocycles. The van der Waals surface area contributed by atoms with Crippen molar-refractivity contribution in [3.8, 4) is 23.1 Å². The lowest BCUT2D eigenvalue weighted by Crippen LogP contribution is -2.05. The highest BCUT2D eigenvalue weighted by atomic mass is 79.9. The molecule has 0 radical (unpaired) electrons. The third-order valence-corrected chi connectivity index (χ3v) is 2.98. The van der Waals surface area contributed by atoms with Gasteiger partial charge in [-0.25, -0.2) is 4.98 Å². The van der Waals surface area contributed by atoms with E-state index in [2.05, 4.69) is 25.9 Å². The van der Waals surface area contributed by atoms with Gasteiger partial charge in [0.2, 0.25) is 5.95 Å². The lowest BCUT2D eigenvalue weighted by molar-refractivity contribution is 0.416. The van der Waals surface area contributed by atoms with Crippen molar-refractivity contribution in [2.24, 2.45) is 0 Å². The monoisotopic (exact) mass is 319 g/mol. The summed E-state index contributed by atoms with van der Waals surface area (Å²) in [4.78, 5) is 7.87. The highest BCUT2D eigenvalue weighted by Crippen LogP contribution is 2.34. The highest BCUT2D eigenvalue weighted by Gasteiger charge is 2.17. The summed E-state index contributed by atoms with van der Waals surface area (Å²) in [6.45, 7) is 0. The van der Waals surface area contributed by atoms with E-state index in [4.69, 9.17) is 16.2 Å². The van der Waals surface area contributed by atoms with Crippen molar-refractivity contribution >= 4 is 27.7 Å². The van der Waals surface area contributed by atoms with E-state index in [1.807, 2.05) is 12.1 Å². The summed E-state index contributed by atoms with van der Waals surface area (Å²) in [6, 6.07) is 7.34. The lowest BCUT2D eigenvalue weighted by Gasteiger charge is -2.11. The number of nitrogen functional groups attached to an aromatic ring is 2. The van der Waals surface area contributed by atoms with Gasteiger partial charge in [-0.15, -0.1) is 0 Å². The lowest BCUT2D eigenvalue weighted by atomic mass is 10.1. The Morgan fingerprint density at radius 3 is 2.68 bits per heavy atom. The van der Waals surface area contributed by atoms with Crippen LogP contribution in [0.2, 0.25) is 0 Å². The number of rotatable bonds is 2. The van der Waals surface area contributed by atoms with Crippen LogP contribution in [0.1, 0.15) is 5.56 Å². The van der Waals surface area contributed by atoms with Gasteiger partial charge in [0.15, 0.2) is 0 Å². The molecule has 2 aromatic rings. The summed E-state index contributed by atoms with van der Waals surface area (Å²) >= 11 is 3.36. The van der Waals surface area contributed by atoms with Gasteiger partial charge in [0.05, 0.1) is 12.8 Å². The number of nitriles is 1. The molecule has 0 amide bonds. The highest BCUT2D eigenvalue weighted by molar-refractivity contribution is 9.10.